The van der Waals surface area contributed by atoms with Crippen LogP contribution in [0.1, 0.15) is 17.0 Å². The fourth-order valence-corrected chi connectivity index (χ4v) is 1.75. The average Bonchev–Trinajstić information content (AvgIpc) is 2.18. The van der Waals surface area contributed by atoms with Crippen LogP contribution in [0, 0.1) is 0 Å². The van der Waals surface area contributed by atoms with Crippen LogP contribution in [0.2, 0.25) is 0 Å². The van der Waals surface area contributed by atoms with Crippen LogP contribution in [0.4, 0.5) is 13.2 Å². The first-order chi connectivity index (χ1) is 7.97. The zero-order chi connectivity index (χ0) is 12.5. The molecule has 0 fully saturated rings. The number of hydroxylamine groups is 1. The number of amides is 1. The summed E-state index contributed by atoms with van der Waals surface area (Å²) in [5.41, 5.74) is 3.72. The Hall–Kier alpha value is -1.56. The van der Waals surface area contributed by atoms with E-state index in [9.17, 15) is 18.0 Å². The van der Waals surface area contributed by atoms with Crippen molar-refractivity contribution >= 4 is 5.91 Å². The number of benzene rings is 1. The largest absolute Gasteiger partial charge is 0.414 e. The number of nitrogens with one attached hydrogen (secondary N) is 1. The lowest BCUT2D eigenvalue weighted by atomic mass is 9.77. The van der Waals surface area contributed by atoms with Crippen molar-refractivity contribution < 1.29 is 22.8 Å². The predicted octanol–water partition coefficient (Wildman–Crippen LogP) is 1.94. The molecule has 0 aromatic heterocycles. The molecule has 3 nitrogen and oxygen atoms in total. The molecular formula is C11H10F3NO2. The highest BCUT2D eigenvalue weighted by Crippen LogP contribution is 2.34. The molecule has 1 amide bonds. The van der Waals surface area contributed by atoms with Crippen molar-refractivity contribution in [2.24, 2.45) is 0 Å². The first-order valence-corrected chi connectivity index (χ1v) is 5.03. The van der Waals surface area contributed by atoms with Crippen LogP contribution in [0.5, 0.6) is 0 Å². The van der Waals surface area contributed by atoms with E-state index in [0.29, 0.717) is 6.42 Å². The second-order valence-electron chi connectivity index (χ2n) is 3.83. The maximum Gasteiger partial charge on any atom is 0.414 e. The first kappa shape index (κ1) is 11.9. The Morgan fingerprint density at radius 2 is 2.12 bits per heavy atom. The number of fused-ring (bicyclic) bond motifs is 1. The Morgan fingerprint density at radius 3 is 2.76 bits per heavy atom. The van der Waals surface area contributed by atoms with E-state index in [1.807, 2.05) is 17.6 Å². The van der Waals surface area contributed by atoms with E-state index in [-0.39, 0.29) is 0 Å². The highest BCUT2D eigenvalue weighted by atomic mass is 19.4. The minimum Gasteiger partial charge on any atom is -0.272 e. The van der Waals surface area contributed by atoms with Gasteiger partial charge in [-0.15, -0.1) is 0 Å². The average molecular weight is 245 g/mol. The van der Waals surface area contributed by atoms with Gasteiger partial charge < -0.3 is 0 Å². The van der Waals surface area contributed by atoms with Crippen molar-refractivity contribution in [3.8, 4) is 0 Å². The molecule has 1 aliphatic rings. The van der Waals surface area contributed by atoms with E-state index in [4.69, 9.17) is 0 Å². The van der Waals surface area contributed by atoms with Crippen LogP contribution < -0.4 is 5.48 Å². The first-order valence-electron chi connectivity index (χ1n) is 5.03. The second kappa shape index (κ2) is 4.37. The molecule has 1 aromatic carbocycles. The van der Waals surface area contributed by atoms with E-state index >= 15 is 0 Å². The monoisotopic (exact) mass is 245 g/mol. The van der Waals surface area contributed by atoms with Crippen LogP contribution in [0.15, 0.2) is 24.3 Å². The molecule has 2 rings (SSSR count). The van der Waals surface area contributed by atoms with Crippen molar-refractivity contribution in [3.05, 3.63) is 35.4 Å². The molecule has 17 heavy (non-hydrogen) atoms. The molecule has 0 bridgehead atoms. The Bertz CT molecular complexity index is 431. The molecule has 1 N–H and O–H groups in total. The molecule has 0 aliphatic heterocycles. The highest BCUT2D eigenvalue weighted by Gasteiger charge is 2.33. The summed E-state index contributed by atoms with van der Waals surface area (Å²) in [6.45, 7) is -1.48. The lowest BCUT2D eigenvalue weighted by Gasteiger charge is -2.28. The smallest absolute Gasteiger partial charge is 0.272 e. The molecular weight excluding hydrogens is 235 g/mol. The van der Waals surface area contributed by atoms with Crippen molar-refractivity contribution in [3.63, 3.8) is 0 Å². The van der Waals surface area contributed by atoms with Crippen molar-refractivity contribution in [2.75, 3.05) is 6.61 Å². The SMILES string of the molecule is O=C(NOCC(F)(F)F)C1Cc2ccccc21. The van der Waals surface area contributed by atoms with Gasteiger partial charge in [-0.3, -0.25) is 9.63 Å². The quantitative estimate of drug-likeness (QED) is 0.826. The summed E-state index contributed by atoms with van der Waals surface area (Å²) in [6, 6.07) is 7.31. The molecule has 0 radical (unpaired) electrons. The van der Waals surface area contributed by atoms with Crippen molar-refractivity contribution in [1.29, 1.82) is 0 Å². The molecule has 92 valence electrons. The number of carbonyl (C=O) groups excluding carboxylic acids is 1. The molecule has 0 saturated heterocycles. The van der Waals surface area contributed by atoms with Gasteiger partial charge in [-0.1, -0.05) is 24.3 Å². The van der Waals surface area contributed by atoms with E-state index in [1.54, 1.807) is 12.1 Å². The van der Waals surface area contributed by atoms with Gasteiger partial charge >= 0.3 is 6.18 Å². The van der Waals surface area contributed by atoms with Gasteiger partial charge in [0.05, 0.1) is 5.92 Å². The number of hydrogen-bond acceptors (Lipinski definition) is 2. The van der Waals surface area contributed by atoms with Gasteiger partial charge in [-0.05, 0) is 17.5 Å². The van der Waals surface area contributed by atoms with Gasteiger partial charge in [0.2, 0.25) is 0 Å². The highest BCUT2D eigenvalue weighted by molar-refractivity contribution is 5.86. The predicted molar refractivity (Wildman–Crippen MR) is 53.0 cm³/mol. The van der Waals surface area contributed by atoms with Crippen LogP contribution in [-0.2, 0) is 16.1 Å². The Morgan fingerprint density at radius 1 is 1.41 bits per heavy atom. The molecule has 0 saturated carbocycles. The molecule has 0 heterocycles. The summed E-state index contributed by atoms with van der Waals surface area (Å²) in [5.74, 6) is -0.938. The molecule has 6 heteroatoms. The Balaban J connectivity index is 1.84. The summed E-state index contributed by atoms with van der Waals surface area (Å²) >= 11 is 0. The normalized spacial score (nSPS) is 18.2. The third-order valence-electron chi connectivity index (χ3n) is 2.58. The van der Waals surface area contributed by atoms with Crippen LogP contribution in [0.25, 0.3) is 0 Å². The van der Waals surface area contributed by atoms with Crippen LogP contribution >= 0.6 is 0 Å². The van der Waals surface area contributed by atoms with Crippen molar-refractivity contribution in [1.82, 2.24) is 5.48 Å². The van der Waals surface area contributed by atoms with E-state index < -0.39 is 24.6 Å². The minimum absolute atomic E-state index is 0.403. The lowest BCUT2D eigenvalue weighted by Crippen LogP contribution is -2.37. The maximum absolute atomic E-state index is 11.8. The summed E-state index contributed by atoms with van der Waals surface area (Å²) in [7, 11) is 0. The van der Waals surface area contributed by atoms with E-state index in [2.05, 4.69) is 4.84 Å². The molecule has 1 atom stereocenters. The van der Waals surface area contributed by atoms with Crippen LogP contribution in [-0.4, -0.2) is 18.7 Å². The summed E-state index contributed by atoms with van der Waals surface area (Å²) in [6.07, 6.45) is -3.90. The fourth-order valence-electron chi connectivity index (χ4n) is 1.75. The van der Waals surface area contributed by atoms with E-state index in [1.165, 1.54) is 0 Å². The van der Waals surface area contributed by atoms with Crippen LogP contribution in [0.3, 0.4) is 0 Å². The zero-order valence-corrected chi connectivity index (χ0v) is 8.75. The molecule has 1 aliphatic carbocycles. The van der Waals surface area contributed by atoms with Gasteiger partial charge in [-0.2, -0.15) is 13.2 Å². The number of hydrogen-bond donors (Lipinski definition) is 1. The number of alkyl halides is 3. The molecule has 0 spiro atoms. The van der Waals surface area contributed by atoms with Gasteiger partial charge in [0.25, 0.3) is 5.91 Å². The Kier molecular flexibility index (Phi) is 3.06. The lowest BCUT2D eigenvalue weighted by molar-refractivity contribution is -0.192. The van der Waals surface area contributed by atoms with Gasteiger partial charge in [0, 0.05) is 0 Å². The topological polar surface area (TPSA) is 38.3 Å². The summed E-state index contributed by atoms with van der Waals surface area (Å²) in [5, 5.41) is 0. The third-order valence-corrected chi connectivity index (χ3v) is 2.58. The second-order valence-corrected chi connectivity index (χ2v) is 3.83. The number of halogens is 3. The van der Waals surface area contributed by atoms with Gasteiger partial charge in [0.1, 0.15) is 0 Å². The van der Waals surface area contributed by atoms with Gasteiger partial charge in [-0.25, -0.2) is 5.48 Å². The molecule has 1 aromatic rings. The standard InChI is InChI=1S/C11H10F3NO2/c12-11(13,14)6-17-15-10(16)9-5-7-3-1-2-4-8(7)9/h1-4,9H,5-6H2,(H,15,16). The van der Waals surface area contributed by atoms with Gasteiger partial charge in [0.15, 0.2) is 6.61 Å². The minimum atomic E-state index is -4.44. The zero-order valence-electron chi connectivity index (χ0n) is 8.75. The fraction of sp³-hybridized carbons (Fsp3) is 0.364. The Labute approximate surface area is 95.5 Å². The van der Waals surface area contributed by atoms with E-state index in [0.717, 1.165) is 11.1 Å². The third kappa shape index (κ3) is 2.76. The summed E-state index contributed by atoms with van der Waals surface area (Å²) in [4.78, 5) is 15.6. The summed E-state index contributed by atoms with van der Waals surface area (Å²) < 4.78 is 35.3. The molecule has 1 unspecified atom stereocenters. The van der Waals surface area contributed by atoms with Crippen molar-refractivity contribution in [2.45, 2.75) is 18.5 Å². The maximum atomic E-state index is 11.8. The number of carbonyl (C=O) groups is 1. The number of rotatable bonds is 3.